The highest BCUT2D eigenvalue weighted by Crippen LogP contribution is 2.59. The maximum Gasteiger partial charge on any atom is 0.191 e. The van der Waals surface area contributed by atoms with Crippen LogP contribution in [0, 0.1) is 5.92 Å². The summed E-state index contributed by atoms with van der Waals surface area (Å²) in [6, 6.07) is 10.1. The van der Waals surface area contributed by atoms with Crippen LogP contribution in [0.3, 0.4) is 0 Å². The number of hydrogen-bond acceptors (Lipinski definition) is 7. The molecule has 1 aliphatic carbocycles. The van der Waals surface area contributed by atoms with E-state index in [0.717, 1.165) is 48.4 Å². The third kappa shape index (κ3) is 4.17. The summed E-state index contributed by atoms with van der Waals surface area (Å²) in [5.41, 5.74) is 3.18. The smallest absolute Gasteiger partial charge is 0.191 e. The van der Waals surface area contributed by atoms with Crippen LogP contribution >= 0.6 is 11.8 Å². The molecule has 2 atom stereocenters. The van der Waals surface area contributed by atoms with E-state index < -0.39 is 0 Å². The second-order valence-corrected chi connectivity index (χ2v) is 10.1. The summed E-state index contributed by atoms with van der Waals surface area (Å²) < 4.78 is 7.42. The molecule has 3 aromatic rings. The molecule has 3 heterocycles. The van der Waals surface area contributed by atoms with Gasteiger partial charge in [0, 0.05) is 49.3 Å². The molecule has 7 nitrogen and oxygen atoms in total. The number of hydrogen-bond donors (Lipinski definition) is 0. The van der Waals surface area contributed by atoms with E-state index in [1.54, 1.807) is 32.0 Å². The maximum absolute atomic E-state index is 12.1. The standard InChI is InChI=1S/C25H29N5O2S/c1-17(31)21-12-19(7-8-22(21)32-3)25-13-20(25)15-30(16-25)10-5-11-33-24-28-27-23(29(24)2)18-6-4-9-26-14-18/h4,6-9,12,14,20H,5,10-11,13,15-16H2,1-3H3. The number of carbonyl (C=O) groups excluding carboxylic acids is 1. The number of ketones is 1. The second kappa shape index (κ2) is 8.91. The number of rotatable bonds is 9. The number of methoxy groups -OCH3 is 1. The van der Waals surface area contributed by atoms with E-state index in [4.69, 9.17) is 4.74 Å². The number of piperidine rings is 1. The van der Waals surface area contributed by atoms with Gasteiger partial charge in [-0.15, -0.1) is 10.2 Å². The Balaban J connectivity index is 1.15. The molecular formula is C25H29N5O2S. The first kappa shape index (κ1) is 22.1. The van der Waals surface area contributed by atoms with Crippen LogP contribution in [-0.2, 0) is 12.5 Å². The molecule has 1 aliphatic heterocycles. The van der Waals surface area contributed by atoms with Crippen molar-refractivity contribution in [1.82, 2.24) is 24.6 Å². The molecule has 8 heteroatoms. The van der Waals surface area contributed by atoms with Crippen molar-refractivity contribution >= 4 is 17.5 Å². The summed E-state index contributed by atoms with van der Waals surface area (Å²) in [6.45, 7) is 4.90. The third-order valence-corrected chi connectivity index (χ3v) is 8.08. The molecule has 2 aromatic heterocycles. The molecule has 0 spiro atoms. The van der Waals surface area contributed by atoms with Gasteiger partial charge in [0.2, 0.25) is 0 Å². The summed E-state index contributed by atoms with van der Waals surface area (Å²) >= 11 is 1.75. The summed E-state index contributed by atoms with van der Waals surface area (Å²) in [5.74, 6) is 3.27. The van der Waals surface area contributed by atoms with E-state index in [9.17, 15) is 4.79 Å². The number of nitrogens with zero attached hydrogens (tertiary/aromatic N) is 5. The van der Waals surface area contributed by atoms with E-state index in [0.29, 0.717) is 17.2 Å². The lowest BCUT2D eigenvalue weighted by atomic mass is 9.92. The fourth-order valence-electron chi connectivity index (χ4n) is 5.14. The molecule has 2 fully saturated rings. The average Bonchev–Trinajstić information content (AvgIpc) is 3.21. The van der Waals surface area contributed by atoms with Crippen LogP contribution < -0.4 is 4.74 Å². The first-order chi connectivity index (χ1) is 16.0. The number of benzene rings is 1. The SMILES string of the molecule is COc1ccc(C23CC2CN(CCCSc2nnc(-c4cccnc4)n2C)C3)cc1C(C)=O. The van der Waals surface area contributed by atoms with E-state index in [1.165, 1.54) is 12.0 Å². The van der Waals surface area contributed by atoms with Crippen LogP contribution in [0.15, 0.2) is 47.9 Å². The maximum atomic E-state index is 12.1. The Hall–Kier alpha value is -2.71. The molecule has 0 radical (unpaired) electrons. The number of fused-ring (bicyclic) bond motifs is 1. The molecule has 1 saturated carbocycles. The van der Waals surface area contributed by atoms with Gasteiger partial charge in [-0.1, -0.05) is 17.8 Å². The van der Waals surface area contributed by atoms with Crippen molar-refractivity contribution in [2.75, 3.05) is 32.5 Å². The minimum atomic E-state index is 0.0598. The lowest BCUT2D eigenvalue weighted by molar-refractivity contribution is 0.101. The van der Waals surface area contributed by atoms with Crippen molar-refractivity contribution in [2.24, 2.45) is 13.0 Å². The van der Waals surface area contributed by atoms with E-state index in [2.05, 4.69) is 32.2 Å². The first-order valence-corrected chi connectivity index (χ1v) is 12.3. The molecule has 0 bridgehead atoms. The molecule has 2 unspecified atom stereocenters. The minimum absolute atomic E-state index is 0.0598. The van der Waals surface area contributed by atoms with Gasteiger partial charge in [0.15, 0.2) is 16.8 Å². The van der Waals surface area contributed by atoms with Gasteiger partial charge in [-0.3, -0.25) is 9.78 Å². The fourth-order valence-corrected chi connectivity index (χ4v) is 5.97. The molecule has 1 saturated heterocycles. The van der Waals surface area contributed by atoms with Gasteiger partial charge in [0.1, 0.15) is 5.75 Å². The molecule has 172 valence electrons. The molecule has 1 aromatic carbocycles. The quantitative estimate of drug-likeness (QED) is 0.271. The van der Waals surface area contributed by atoms with Crippen LogP contribution in [0.4, 0.5) is 0 Å². The minimum Gasteiger partial charge on any atom is -0.496 e. The van der Waals surface area contributed by atoms with Crippen molar-refractivity contribution in [3.8, 4) is 17.1 Å². The van der Waals surface area contributed by atoms with E-state index >= 15 is 0 Å². The Morgan fingerprint density at radius 1 is 1.30 bits per heavy atom. The zero-order chi connectivity index (χ0) is 23.0. The Bertz CT molecular complexity index is 1160. The number of likely N-dealkylation sites (tertiary alicyclic amines) is 1. The van der Waals surface area contributed by atoms with E-state index in [-0.39, 0.29) is 11.2 Å². The van der Waals surface area contributed by atoms with Crippen molar-refractivity contribution in [3.63, 3.8) is 0 Å². The average molecular weight is 464 g/mol. The van der Waals surface area contributed by atoms with Gasteiger partial charge in [-0.05, 0) is 62.1 Å². The number of carbonyl (C=O) groups is 1. The molecule has 0 N–H and O–H groups in total. The van der Waals surface area contributed by atoms with Crippen LogP contribution in [0.1, 0.15) is 35.7 Å². The Kier molecular flexibility index (Phi) is 5.97. The monoisotopic (exact) mass is 463 g/mol. The van der Waals surface area contributed by atoms with E-state index in [1.807, 2.05) is 36.0 Å². The number of ether oxygens (including phenoxy) is 1. The van der Waals surface area contributed by atoms with Gasteiger partial charge in [-0.2, -0.15) is 0 Å². The fraction of sp³-hybridized carbons (Fsp3) is 0.440. The highest BCUT2D eigenvalue weighted by Gasteiger charge is 2.60. The molecule has 5 rings (SSSR count). The Morgan fingerprint density at radius 3 is 2.94 bits per heavy atom. The van der Waals surface area contributed by atoms with Crippen LogP contribution in [0.5, 0.6) is 5.75 Å². The number of pyridine rings is 1. The highest BCUT2D eigenvalue weighted by atomic mass is 32.2. The number of Topliss-reactive ketones (excluding diaryl/α,β-unsaturated/α-hetero) is 1. The van der Waals surface area contributed by atoms with Crippen LogP contribution in [0.25, 0.3) is 11.4 Å². The summed E-state index contributed by atoms with van der Waals surface area (Å²) in [6.07, 6.45) is 5.90. The van der Waals surface area contributed by atoms with Crippen molar-refractivity contribution in [3.05, 3.63) is 53.9 Å². The largest absolute Gasteiger partial charge is 0.496 e. The normalized spacial score (nSPS) is 21.7. The molecule has 0 amide bonds. The van der Waals surface area contributed by atoms with Gasteiger partial charge < -0.3 is 14.2 Å². The van der Waals surface area contributed by atoms with Gasteiger partial charge >= 0.3 is 0 Å². The topological polar surface area (TPSA) is 73.1 Å². The zero-order valence-electron chi connectivity index (χ0n) is 19.3. The van der Waals surface area contributed by atoms with Crippen molar-refractivity contribution in [1.29, 1.82) is 0 Å². The Morgan fingerprint density at radius 2 is 2.18 bits per heavy atom. The first-order valence-electron chi connectivity index (χ1n) is 11.4. The van der Waals surface area contributed by atoms with Crippen molar-refractivity contribution < 1.29 is 9.53 Å². The van der Waals surface area contributed by atoms with Crippen LogP contribution in [-0.4, -0.2) is 62.9 Å². The molecule has 33 heavy (non-hydrogen) atoms. The summed E-state index contributed by atoms with van der Waals surface area (Å²) in [7, 11) is 3.63. The van der Waals surface area contributed by atoms with Gasteiger partial charge in [-0.25, -0.2) is 0 Å². The highest BCUT2D eigenvalue weighted by molar-refractivity contribution is 7.99. The van der Waals surface area contributed by atoms with Crippen LogP contribution in [0.2, 0.25) is 0 Å². The predicted molar refractivity (Wildman–Crippen MR) is 129 cm³/mol. The second-order valence-electron chi connectivity index (χ2n) is 9.07. The summed E-state index contributed by atoms with van der Waals surface area (Å²) in [5, 5.41) is 9.64. The lowest BCUT2D eigenvalue weighted by Crippen LogP contribution is -2.28. The lowest BCUT2D eigenvalue weighted by Gasteiger charge is -2.21. The Labute approximate surface area is 198 Å². The molecular weight excluding hydrogens is 434 g/mol. The molecule has 2 aliphatic rings. The summed E-state index contributed by atoms with van der Waals surface area (Å²) in [4.78, 5) is 18.8. The predicted octanol–water partition coefficient (Wildman–Crippen LogP) is 3.84. The number of aromatic nitrogens is 4. The third-order valence-electron chi connectivity index (χ3n) is 6.97. The number of thioether (sulfide) groups is 1. The van der Waals surface area contributed by atoms with Gasteiger partial charge in [0.25, 0.3) is 0 Å². The van der Waals surface area contributed by atoms with Gasteiger partial charge in [0.05, 0.1) is 12.7 Å². The van der Waals surface area contributed by atoms with Crippen molar-refractivity contribution in [2.45, 2.75) is 30.3 Å². The zero-order valence-corrected chi connectivity index (χ0v) is 20.1.